The third kappa shape index (κ3) is 3.73. The Hall–Kier alpha value is -3.10. The molecule has 4 atom stereocenters. The van der Waals surface area contributed by atoms with Crippen molar-refractivity contribution in [2.75, 3.05) is 6.61 Å². The van der Waals surface area contributed by atoms with E-state index in [1.54, 1.807) is 0 Å². The summed E-state index contributed by atoms with van der Waals surface area (Å²) in [4.78, 5) is 62.6. The van der Waals surface area contributed by atoms with E-state index >= 15 is 0 Å². The van der Waals surface area contributed by atoms with Crippen LogP contribution >= 0.6 is 0 Å². The number of ether oxygens (including phenoxy) is 1. The van der Waals surface area contributed by atoms with Crippen LogP contribution in [0.4, 0.5) is 5.69 Å². The molecule has 0 N–H and O–H groups in total. The molecule has 4 aliphatic rings. The normalized spacial score (nSPS) is 32.7. The minimum atomic E-state index is -0.588. The van der Waals surface area contributed by atoms with Crippen LogP contribution in [0.15, 0.2) is 24.3 Å². The van der Waals surface area contributed by atoms with Crippen molar-refractivity contribution in [3.63, 3.8) is 0 Å². The quantitative estimate of drug-likeness (QED) is 0.213. The van der Waals surface area contributed by atoms with Gasteiger partial charge in [-0.2, -0.15) is 0 Å². The van der Waals surface area contributed by atoms with Crippen LogP contribution in [0.25, 0.3) is 0 Å². The molecule has 1 heterocycles. The Kier molecular flexibility index (Phi) is 5.50. The molecular formula is C24H26N2O7. The molecule has 1 aromatic carbocycles. The maximum absolute atomic E-state index is 13.0. The first-order chi connectivity index (χ1) is 15.8. The number of nitrogens with zero attached hydrogens (tertiary/aromatic N) is 2. The van der Waals surface area contributed by atoms with Crippen molar-refractivity contribution in [2.45, 2.75) is 51.0 Å². The number of fused-ring (bicyclic) bond motifs is 5. The van der Waals surface area contributed by atoms with Crippen LogP contribution in [0, 0.1) is 39.7 Å². The van der Waals surface area contributed by atoms with Gasteiger partial charge in [-0.3, -0.25) is 34.2 Å². The predicted octanol–water partition coefficient (Wildman–Crippen LogP) is 2.91. The summed E-state index contributed by atoms with van der Waals surface area (Å²) >= 11 is 0. The number of ketones is 1. The molecule has 0 aromatic heterocycles. The van der Waals surface area contributed by atoms with Gasteiger partial charge in [-0.1, -0.05) is 12.1 Å². The standard InChI is InChI=1S/C24H26N2O7/c27-19(14-2-1-3-18(11-14)26(31)32)12-33-24(30)13-6-8-17(9-7-13)25-22(28)20-15-4-5-16(10-15)21(20)23(25)29/h1-3,11,13,15-17,20-21H,4-10,12H2/t13?,15-,16-,17?,20+,21+/m0/s1. The minimum absolute atomic E-state index is 0.00854. The molecule has 3 saturated carbocycles. The Morgan fingerprint density at radius 2 is 1.64 bits per heavy atom. The molecule has 1 aromatic rings. The largest absolute Gasteiger partial charge is 0.457 e. The van der Waals surface area contributed by atoms with Gasteiger partial charge in [0.1, 0.15) is 0 Å². The molecule has 5 rings (SSSR count). The van der Waals surface area contributed by atoms with Crippen molar-refractivity contribution in [2.24, 2.45) is 29.6 Å². The zero-order chi connectivity index (χ0) is 23.3. The zero-order valence-electron chi connectivity index (χ0n) is 18.2. The van der Waals surface area contributed by atoms with Gasteiger partial charge in [-0.25, -0.2) is 0 Å². The molecule has 1 saturated heterocycles. The second kappa shape index (κ2) is 8.35. The molecule has 2 bridgehead atoms. The molecule has 9 heteroatoms. The molecule has 0 unspecified atom stereocenters. The van der Waals surface area contributed by atoms with Crippen molar-refractivity contribution in [1.82, 2.24) is 4.90 Å². The average Bonchev–Trinajstić information content (AvgIpc) is 3.51. The summed E-state index contributed by atoms with van der Waals surface area (Å²) in [6.45, 7) is -0.477. The number of carbonyl (C=O) groups is 4. The summed E-state index contributed by atoms with van der Waals surface area (Å²) in [6.07, 6.45) is 5.21. The van der Waals surface area contributed by atoms with Crippen LogP contribution in [0.5, 0.6) is 0 Å². The van der Waals surface area contributed by atoms with Gasteiger partial charge in [0.05, 0.1) is 22.7 Å². The monoisotopic (exact) mass is 454 g/mol. The molecule has 3 aliphatic carbocycles. The highest BCUT2D eigenvalue weighted by atomic mass is 16.6. The zero-order valence-corrected chi connectivity index (χ0v) is 18.2. The maximum atomic E-state index is 13.0. The third-order valence-corrected chi connectivity index (χ3v) is 8.08. The molecule has 2 amide bonds. The topological polar surface area (TPSA) is 124 Å². The Bertz CT molecular complexity index is 1000. The number of nitro groups is 1. The van der Waals surface area contributed by atoms with E-state index in [9.17, 15) is 29.3 Å². The van der Waals surface area contributed by atoms with E-state index in [-0.39, 0.29) is 46.9 Å². The fourth-order valence-electron chi connectivity index (χ4n) is 6.49. The number of hydrogen-bond acceptors (Lipinski definition) is 7. The number of Topliss-reactive ketones (excluding diaryl/α,β-unsaturated/α-hetero) is 1. The first-order valence-electron chi connectivity index (χ1n) is 11.7. The van der Waals surface area contributed by atoms with E-state index in [1.807, 2.05) is 0 Å². The average molecular weight is 454 g/mol. The first kappa shape index (κ1) is 21.7. The Morgan fingerprint density at radius 3 is 2.24 bits per heavy atom. The van der Waals surface area contributed by atoms with Crippen LogP contribution in [-0.4, -0.2) is 46.0 Å². The summed E-state index contributed by atoms with van der Waals surface area (Å²) < 4.78 is 5.19. The van der Waals surface area contributed by atoms with E-state index in [0.717, 1.165) is 25.3 Å². The van der Waals surface area contributed by atoms with Gasteiger partial charge in [0, 0.05) is 23.7 Å². The van der Waals surface area contributed by atoms with Crippen LogP contribution in [0.3, 0.4) is 0 Å². The fraction of sp³-hybridized carbons (Fsp3) is 0.583. The van der Waals surface area contributed by atoms with Gasteiger partial charge in [-0.05, 0) is 56.8 Å². The van der Waals surface area contributed by atoms with Crippen molar-refractivity contribution in [3.05, 3.63) is 39.9 Å². The molecule has 0 radical (unpaired) electrons. The first-order valence-corrected chi connectivity index (χ1v) is 11.7. The van der Waals surface area contributed by atoms with Gasteiger partial charge in [0.2, 0.25) is 17.6 Å². The van der Waals surface area contributed by atoms with E-state index in [4.69, 9.17) is 4.74 Å². The highest BCUT2D eigenvalue weighted by molar-refractivity contribution is 6.06. The van der Waals surface area contributed by atoms with E-state index < -0.39 is 23.3 Å². The van der Waals surface area contributed by atoms with E-state index in [1.165, 1.54) is 23.1 Å². The Balaban J connectivity index is 1.13. The van der Waals surface area contributed by atoms with E-state index in [0.29, 0.717) is 37.5 Å². The lowest BCUT2D eigenvalue weighted by atomic mass is 9.81. The summed E-state index contributed by atoms with van der Waals surface area (Å²) in [5, 5.41) is 10.9. The second-order valence-corrected chi connectivity index (χ2v) is 9.78. The van der Waals surface area contributed by atoms with Crippen LogP contribution < -0.4 is 0 Å². The van der Waals surface area contributed by atoms with Crippen LogP contribution in [-0.2, 0) is 19.1 Å². The number of carbonyl (C=O) groups excluding carboxylic acids is 4. The van der Waals surface area contributed by atoms with Gasteiger partial charge < -0.3 is 4.74 Å². The third-order valence-electron chi connectivity index (χ3n) is 8.08. The van der Waals surface area contributed by atoms with Crippen molar-refractivity contribution >= 4 is 29.3 Å². The number of likely N-dealkylation sites (tertiary alicyclic amines) is 1. The van der Waals surface area contributed by atoms with Crippen molar-refractivity contribution in [1.29, 1.82) is 0 Å². The number of amides is 2. The Labute approximate surface area is 190 Å². The highest BCUT2D eigenvalue weighted by Gasteiger charge is 2.61. The number of nitro benzene ring substituents is 1. The SMILES string of the molecule is O=C(COC(=O)C1CCC(N2C(=O)[C@@H]3[C@H]4CC[C@@H](C4)[C@H]3C2=O)CC1)c1cccc([N+](=O)[O-])c1. The molecular weight excluding hydrogens is 428 g/mol. The van der Waals surface area contributed by atoms with Crippen molar-refractivity contribution < 1.29 is 28.8 Å². The van der Waals surface area contributed by atoms with Gasteiger partial charge in [-0.15, -0.1) is 0 Å². The minimum Gasteiger partial charge on any atom is -0.457 e. The molecule has 1 aliphatic heterocycles. The second-order valence-electron chi connectivity index (χ2n) is 9.78. The van der Waals surface area contributed by atoms with Gasteiger partial charge >= 0.3 is 5.97 Å². The number of rotatable bonds is 6. The summed E-state index contributed by atoms with van der Waals surface area (Å²) in [5.41, 5.74) is -0.0834. The number of non-ortho nitro benzene ring substituents is 1. The smallest absolute Gasteiger partial charge is 0.309 e. The summed E-state index contributed by atoms with van der Waals surface area (Å²) in [7, 11) is 0. The number of hydrogen-bond donors (Lipinski definition) is 0. The van der Waals surface area contributed by atoms with Gasteiger partial charge in [0.15, 0.2) is 6.61 Å². The highest BCUT2D eigenvalue weighted by Crippen LogP contribution is 2.56. The molecule has 174 valence electrons. The number of esters is 1. The van der Waals surface area contributed by atoms with Crippen LogP contribution in [0.1, 0.15) is 55.3 Å². The van der Waals surface area contributed by atoms with Gasteiger partial charge in [0.25, 0.3) is 5.69 Å². The molecule has 4 fully saturated rings. The Morgan fingerprint density at radius 1 is 1.00 bits per heavy atom. The lowest BCUT2D eigenvalue weighted by Gasteiger charge is -2.33. The molecule has 9 nitrogen and oxygen atoms in total. The summed E-state index contributed by atoms with van der Waals surface area (Å²) in [5.74, 6) is -0.930. The molecule has 33 heavy (non-hydrogen) atoms. The van der Waals surface area contributed by atoms with Crippen molar-refractivity contribution in [3.8, 4) is 0 Å². The maximum Gasteiger partial charge on any atom is 0.309 e. The number of imide groups is 1. The van der Waals surface area contributed by atoms with Crippen LogP contribution in [0.2, 0.25) is 0 Å². The lowest BCUT2D eigenvalue weighted by Crippen LogP contribution is -2.44. The fourth-order valence-corrected chi connectivity index (χ4v) is 6.49. The molecule has 0 spiro atoms. The summed E-state index contributed by atoms with van der Waals surface area (Å²) in [6, 6.07) is 5.14. The lowest BCUT2D eigenvalue weighted by molar-refractivity contribution is -0.384. The van der Waals surface area contributed by atoms with E-state index in [2.05, 4.69) is 0 Å². The number of benzene rings is 1. The predicted molar refractivity (Wildman–Crippen MR) is 114 cm³/mol.